The molecule has 2 aromatic heterocycles. The van der Waals surface area contributed by atoms with Crippen molar-refractivity contribution in [2.24, 2.45) is 5.10 Å². The smallest absolute Gasteiger partial charge is 0.274 e. The number of benzene rings is 1. The number of nitrogens with zero attached hydrogens (tertiary/aromatic N) is 2. The third kappa shape index (κ3) is 2.67. The average Bonchev–Trinajstić information content (AvgIpc) is 3.32. The molecule has 5 heteroatoms. The highest BCUT2D eigenvalue weighted by Gasteiger charge is 2.35. The fraction of sp³-hybridized carbons (Fsp3) is 0.158. The summed E-state index contributed by atoms with van der Waals surface area (Å²) in [6, 6.07) is 13.1. The molecule has 1 aliphatic heterocycles. The summed E-state index contributed by atoms with van der Waals surface area (Å²) in [6.07, 6.45) is 2.29. The largest absolute Gasteiger partial charge is 0.467 e. The Balaban J connectivity index is 1.72. The summed E-state index contributed by atoms with van der Waals surface area (Å²) >= 11 is 1.63. The van der Waals surface area contributed by atoms with Crippen LogP contribution in [0.2, 0.25) is 0 Å². The van der Waals surface area contributed by atoms with Crippen LogP contribution in [0.5, 0.6) is 0 Å². The fourth-order valence-corrected chi connectivity index (χ4v) is 3.58. The molecule has 4 nitrogen and oxygen atoms in total. The van der Waals surface area contributed by atoms with E-state index in [2.05, 4.69) is 10.5 Å². The van der Waals surface area contributed by atoms with Gasteiger partial charge < -0.3 is 4.42 Å². The van der Waals surface area contributed by atoms with E-state index in [-0.39, 0.29) is 11.9 Å². The van der Waals surface area contributed by atoms with Crippen LogP contribution < -0.4 is 0 Å². The van der Waals surface area contributed by atoms with Gasteiger partial charge in [-0.3, -0.25) is 4.79 Å². The molecule has 0 fully saturated rings. The molecule has 4 rings (SSSR count). The number of carbonyl (C=O) groups excluding carboxylic acids is 1. The number of hydrogen-bond acceptors (Lipinski definition) is 4. The minimum absolute atomic E-state index is 0.106. The highest BCUT2D eigenvalue weighted by molar-refractivity contribution is 7.08. The van der Waals surface area contributed by atoms with Crippen molar-refractivity contribution in [1.29, 1.82) is 0 Å². The fourth-order valence-electron chi connectivity index (χ4n) is 2.91. The lowest BCUT2D eigenvalue weighted by Gasteiger charge is -2.20. The standard InChI is InChI=1S/C19H16N2O2S/c1-13-4-2-5-14(10-13)19(22)21-17(18-6-3-8-23-18)11-16(20-21)15-7-9-24-12-15/h2-10,12,17H,11H2,1H3/t17-/m0/s1. The van der Waals surface area contributed by atoms with Crippen molar-refractivity contribution in [2.45, 2.75) is 19.4 Å². The number of hydrogen-bond donors (Lipinski definition) is 0. The van der Waals surface area contributed by atoms with Gasteiger partial charge in [-0.15, -0.1) is 0 Å². The first-order valence-electron chi connectivity index (χ1n) is 7.76. The summed E-state index contributed by atoms with van der Waals surface area (Å²) in [5.41, 5.74) is 3.67. The minimum Gasteiger partial charge on any atom is -0.467 e. The molecule has 0 bridgehead atoms. The van der Waals surface area contributed by atoms with Gasteiger partial charge >= 0.3 is 0 Å². The second kappa shape index (κ2) is 6.09. The SMILES string of the molecule is Cc1cccc(C(=O)N2N=C(c3ccsc3)C[C@H]2c2ccco2)c1. The number of carbonyl (C=O) groups is 1. The summed E-state index contributed by atoms with van der Waals surface area (Å²) < 4.78 is 5.56. The van der Waals surface area contributed by atoms with Crippen molar-refractivity contribution in [1.82, 2.24) is 5.01 Å². The van der Waals surface area contributed by atoms with E-state index in [4.69, 9.17) is 4.42 Å². The lowest BCUT2D eigenvalue weighted by molar-refractivity contribution is 0.0692. The lowest BCUT2D eigenvalue weighted by atomic mass is 10.0. The van der Waals surface area contributed by atoms with E-state index in [9.17, 15) is 4.79 Å². The van der Waals surface area contributed by atoms with Crippen molar-refractivity contribution >= 4 is 23.0 Å². The lowest BCUT2D eigenvalue weighted by Crippen LogP contribution is -2.26. The average molecular weight is 336 g/mol. The molecule has 0 saturated carbocycles. The van der Waals surface area contributed by atoms with Crippen molar-refractivity contribution in [3.8, 4) is 0 Å². The van der Waals surface area contributed by atoms with Gasteiger partial charge in [-0.05, 0) is 48.0 Å². The predicted octanol–water partition coefficient (Wildman–Crippen LogP) is 4.64. The molecular formula is C19H16N2O2S. The molecule has 120 valence electrons. The predicted molar refractivity (Wildman–Crippen MR) is 94.3 cm³/mol. The molecule has 0 radical (unpaired) electrons. The maximum absolute atomic E-state index is 13.0. The monoisotopic (exact) mass is 336 g/mol. The summed E-state index contributed by atoms with van der Waals surface area (Å²) in [5.74, 6) is 0.648. The third-order valence-corrected chi connectivity index (χ3v) is 4.79. The third-order valence-electron chi connectivity index (χ3n) is 4.11. The quantitative estimate of drug-likeness (QED) is 0.699. The maximum atomic E-state index is 13.0. The molecule has 0 N–H and O–H groups in total. The molecule has 0 spiro atoms. The van der Waals surface area contributed by atoms with Crippen LogP contribution in [0.15, 0.2) is 69.0 Å². The van der Waals surface area contributed by atoms with E-state index in [0.29, 0.717) is 12.0 Å². The van der Waals surface area contributed by atoms with Crippen molar-refractivity contribution in [2.75, 3.05) is 0 Å². The van der Waals surface area contributed by atoms with E-state index < -0.39 is 0 Å². The van der Waals surface area contributed by atoms with E-state index in [1.54, 1.807) is 22.6 Å². The number of aryl methyl sites for hydroxylation is 1. The first-order chi connectivity index (χ1) is 11.7. The number of rotatable bonds is 3. The molecule has 3 aromatic rings. The van der Waals surface area contributed by atoms with Gasteiger partial charge in [0.15, 0.2) is 0 Å². The zero-order valence-corrected chi connectivity index (χ0v) is 14.0. The van der Waals surface area contributed by atoms with Crippen molar-refractivity contribution < 1.29 is 9.21 Å². The number of furan rings is 1. The van der Waals surface area contributed by atoms with Gasteiger partial charge in [0.2, 0.25) is 0 Å². The van der Waals surface area contributed by atoms with Gasteiger partial charge in [-0.2, -0.15) is 16.4 Å². The second-order valence-corrected chi connectivity index (χ2v) is 6.59. The highest BCUT2D eigenvalue weighted by Crippen LogP contribution is 2.34. The molecule has 0 unspecified atom stereocenters. The number of amides is 1. The highest BCUT2D eigenvalue weighted by atomic mass is 32.1. The van der Waals surface area contributed by atoms with E-state index in [1.165, 1.54) is 0 Å². The Labute approximate surface area is 144 Å². The van der Waals surface area contributed by atoms with Crippen LogP contribution in [0, 0.1) is 6.92 Å². The van der Waals surface area contributed by atoms with E-state index >= 15 is 0 Å². The normalized spacial score (nSPS) is 17.1. The summed E-state index contributed by atoms with van der Waals surface area (Å²) in [4.78, 5) is 13.0. The van der Waals surface area contributed by atoms with Gasteiger partial charge in [0.25, 0.3) is 5.91 Å². The molecule has 24 heavy (non-hydrogen) atoms. The summed E-state index contributed by atoms with van der Waals surface area (Å²) in [7, 11) is 0. The topological polar surface area (TPSA) is 45.8 Å². The molecule has 1 aromatic carbocycles. The molecule has 3 heterocycles. The van der Waals surface area contributed by atoms with Crippen molar-refractivity contribution in [3.05, 3.63) is 81.9 Å². The Kier molecular flexibility index (Phi) is 3.78. The van der Waals surface area contributed by atoms with E-state index in [1.807, 2.05) is 54.8 Å². The molecular weight excluding hydrogens is 320 g/mol. The number of hydrazone groups is 1. The maximum Gasteiger partial charge on any atom is 0.274 e. The Hall–Kier alpha value is -2.66. The van der Waals surface area contributed by atoms with Gasteiger partial charge in [-0.25, -0.2) is 5.01 Å². The Morgan fingerprint density at radius 3 is 2.92 bits per heavy atom. The summed E-state index contributed by atoms with van der Waals surface area (Å²) in [5, 5.41) is 10.3. The molecule has 0 saturated heterocycles. The van der Waals surface area contributed by atoms with E-state index in [0.717, 1.165) is 22.6 Å². The Morgan fingerprint density at radius 1 is 1.29 bits per heavy atom. The Bertz CT molecular complexity index is 882. The van der Waals surface area contributed by atoms with Crippen LogP contribution in [-0.4, -0.2) is 16.6 Å². The van der Waals surface area contributed by atoms with Gasteiger partial charge in [0.05, 0.1) is 12.0 Å². The summed E-state index contributed by atoms with van der Waals surface area (Å²) in [6.45, 7) is 1.98. The first kappa shape index (κ1) is 14.9. The van der Waals surface area contributed by atoms with Crippen LogP contribution in [0.4, 0.5) is 0 Å². The molecule has 0 aliphatic carbocycles. The second-order valence-electron chi connectivity index (χ2n) is 5.81. The molecule has 1 amide bonds. The van der Waals surface area contributed by atoms with Gasteiger partial charge in [-0.1, -0.05) is 17.7 Å². The first-order valence-corrected chi connectivity index (χ1v) is 8.70. The zero-order chi connectivity index (χ0) is 16.5. The molecule has 1 aliphatic rings. The molecule has 1 atom stereocenters. The zero-order valence-electron chi connectivity index (χ0n) is 13.2. The van der Waals surface area contributed by atoms with Crippen LogP contribution in [-0.2, 0) is 0 Å². The van der Waals surface area contributed by atoms with Crippen LogP contribution in [0.25, 0.3) is 0 Å². The van der Waals surface area contributed by atoms with Gasteiger partial charge in [0, 0.05) is 17.5 Å². The van der Waals surface area contributed by atoms with Crippen LogP contribution >= 0.6 is 11.3 Å². The van der Waals surface area contributed by atoms with Crippen molar-refractivity contribution in [3.63, 3.8) is 0 Å². The minimum atomic E-state index is -0.206. The van der Waals surface area contributed by atoms with Gasteiger partial charge in [0.1, 0.15) is 11.8 Å². The van der Waals surface area contributed by atoms with Crippen LogP contribution in [0.3, 0.4) is 0 Å². The Morgan fingerprint density at radius 2 is 2.21 bits per heavy atom. The van der Waals surface area contributed by atoms with Crippen LogP contribution in [0.1, 0.15) is 39.7 Å². The number of thiophene rings is 1.